The Morgan fingerprint density at radius 3 is 2.43 bits per heavy atom. The van der Waals surface area contributed by atoms with Gasteiger partial charge in [0.1, 0.15) is 0 Å². The second kappa shape index (κ2) is 9.33. The van der Waals surface area contributed by atoms with E-state index in [-0.39, 0.29) is 0 Å². The number of aromatic nitrogens is 3. The van der Waals surface area contributed by atoms with Crippen LogP contribution in [0.15, 0.2) is 0 Å². The monoisotopic (exact) mass is 296 g/mol. The van der Waals surface area contributed by atoms with Crippen molar-refractivity contribution in [3.05, 3.63) is 0 Å². The highest BCUT2D eigenvalue weighted by Crippen LogP contribution is 2.15. The Balaban J connectivity index is 2.80. The van der Waals surface area contributed by atoms with E-state index in [4.69, 9.17) is 4.74 Å². The Hall–Kier alpha value is -1.63. The standard InChI is InChI=1S/C14H28N6O/c1-6-11-21-14-17-12(15-3)16-13(18-14)20(7-2)10-8-9-19(4)5/h6-11H2,1-5H3,(H,15,16,17,18). The van der Waals surface area contributed by atoms with Crippen molar-refractivity contribution < 1.29 is 4.74 Å². The predicted octanol–water partition coefficient (Wildman–Crippen LogP) is 1.48. The fraction of sp³-hybridized carbons (Fsp3) is 0.786. The van der Waals surface area contributed by atoms with Crippen LogP contribution in [-0.2, 0) is 0 Å². The van der Waals surface area contributed by atoms with E-state index in [0.717, 1.165) is 32.5 Å². The van der Waals surface area contributed by atoms with Gasteiger partial charge in [0.05, 0.1) is 6.61 Å². The van der Waals surface area contributed by atoms with Gasteiger partial charge in [0.25, 0.3) is 0 Å². The molecule has 0 aliphatic heterocycles. The lowest BCUT2D eigenvalue weighted by Crippen LogP contribution is -2.29. The van der Waals surface area contributed by atoms with Crippen molar-refractivity contribution in [1.29, 1.82) is 0 Å². The lowest BCUT2D eigenvalue weighted by molar-refractivity contribution is 0.291. The molecule has 0 atom stereocenters. The molecule has 0 unspecified atom stereocenters. The summed E-state index contributed by atoms with van der Waals surface area (Å²) in [4.78, 5) is 17.4. The number of nitrogens with one attached hydrogen (secondary N) is 1. The minimum atomic E-state index is 0.386. The van der Waals surface area contributed by atoms with Gasteiger partial charge in [-0.15, -0.1) is 0 Å². The second-order valence-electron chi connectivity index (χ2n) is 5.08. The predicted molar refractivity (Wildman–Crippen MR) is 86.2 cm³/mol. The van der Waals surface area contributed by atoms with Crippen molar-refractivity contribution in [2.45, 2.75) is 26.7 Å². The summed E-state index contributed by atoms with van der Waals surface area (Å²) in [5.41, 5.74) is 0. The van der Waals surface area contributed by atoms with E-state index in [0.29, 0.717) is 24.5 Å². The first-order valence-corrected chi connectivity index (χ1v) is 7.57. The quantitative estimate of drug-likeness (QED) is 0.701. The molecule has 0 aromatic carbocycles. The first-order valence-electron chi connectivity index (χ1n) is 7.57. The highest BCUT2D eigenvalue weighted by atomic mass is 16.5. The lowest BCUT2D eigenvalue weighted by atomic mass is 10.3. The molecule has 21 heavy (non-hydrogen) atoms. The van der Waals surface area contributed by atoms with Crippen LogP contribution in [0.2, 0.25) is 0 Å². The molecule has 7 nitrogen and oxygen atoms in total. The normalized spacial score (nSPS) is 10.8. The molecule has 0 spiro atoms. The SMILES string of the molecule is CCCOc1nc(NC)nc(N(CC)CCCN(C)C)n1. The molecule has 0 saturated carbocycles. The average molecular weight is 296 g/mol. The van der Waals surface area contributed by atoms with E-state index in [1.54, 1.807) is 7.05 Å². The fourth-order valence-electron chi connectivity index (χ4n) is 1.83. The maximum Gasteiger partial charge on any atom is 0.323 e. The third-order valence-corrected chi connectivity index (χ3v) is 2.96. The molecule has 0 radical (unpaired) electrons. The van der Waals surface area contributed by atoms with Gasteiger partial charge in [-0.05, 0) is 40.4 Å². The molecule has 0 bridgehead atoms. The molecular formula is C14H28N6O. The van der Waals surface area contributed by atoms with Crippen molar-refractivity contribution in [2.75, 3.05) is 57.6 Å². The molecule has 0 aliphatic rings. The topological polar surface area (TPSA) is 66.4 Å². The third-order valence-electron chi connectivity index (χ3n) is 2.96. The van der Waals surface area contributed by atoms with Crippen LogP contribution in [0.4, 0.5) is 11.9 Å². The molecule has 0 fully saturated rings. The minimum absolute atomic E-state index is 0.386. The third kappa shape index (κ3) is 6.12. The van der Waals surface area contributed by atoms with Crippen LogP contribution in [0.1, 0.15) is 26.7 Å². The van der Waals surface area contributed by atoms with E-state index in [1.807, 2.05) is 0 Å². The van der Waals surface area contributed by atoms with Crippen LogP contribution >= 0.6 is 0 Å². The minimum Gasteiger partial charge on any atom is -0.463 e. The number of nitrogens with zero attached hydrogens (tertiary/aromatic N) is 5. The van der Waals surface area contributed by atoms with Gasteiger partial charge in [0.15, 0.2) is 0 Å². The lowest BCUT2D eigenvalue weighted by Gasteiger charge is -2.22. The van der Waals surface area contributed by atoms with Crippen LogP contribution in [0.3, 0.4) is 0 Å². The van der Waals surface area contributed by atoms with Gasteiger partial charge < -0.3 is 19.9 Å². The molecule has 1 N–H and O–H groups in total. The summed E-state index contributed by atoms with van der Waals surface area (Å²) < 4.78 is 5.54. The van der Waals surface area contributed by atoms with E-state index in [2.05, 4.69) is 58.0 Å². The van der Waals surface area contributed by atoms with Gasteiger partial charge in [0.2, 0.25) is 11.9 Å². The van der Waals surface area contributed by atoms with E-state index >= 15 is 0 Å². The van der Waals surface area contributed by atoms with Gasteiger partial charge in [-0.3, -0.25) is 0 Å². The number of rotatable bonds is 10. The smallest absolute Gasteiger partial charge is 0.323 e. The molecule has 0 saturated heterocycles. The summed E-state index contributed by atoms with van der Waals surface area (Å²) >= 11 is 0. The highest BCUT2D eigenvalue weighted by Gasteiger charge is 2.12. The number of hydrogen-bond donors (Lipinski definition) is 1. The maximum absolute atomic E-state index is 5.54. The summed E-state index contributed by atoms with van der Waals surface area (Å²) in [6.07, 6.45) is 1.99. The Morgan fingerprint density at radius 1 is 1.10 bits per heavy atom. The Labute approximate surface area is 127 Å². The van der Waals surface area contributed by atoms with Crippen molar-refractivity contribution in [1.82, 2.24) is 19.9 Å². The van der Waals surface area contributed by atoms with Crippen molar-refractivity contribution in [2.24, 2.45) is 0 Å². The molecular weight excluding hydrogens is 268 g/mol. The fourth-order valence-corrected chi connectivity index (χ4v) is 1.83. The average Bonchev–Trinajstić information content (AvgIpc) is 2.48. The zero-order valence-electron chi connectivity index (χ0n) is 13.9. The maximum atomic E-state index is 5.54. The molecule has 7 heteroatoms. The van der Waals surface area contributed by atoms with Crippen molar-refractivity contribution in [3.8, 4) is 6.01 Å². The van der Waals surface area contributed by atoms with Gasteiger partial charge in [-0.1, -0.05) is 6.92 Å². The second-order valence-corrected chi connectivity index (χ2v) is 5.08. The van der Waals surface area contributed by atoms with Crippen LogP contribution in [0, 0.1) is 0 Å². The van der Waals surface area contributed by atoms with Crippen molar-refractivity contribution in [3.63, 3.8) is 0 Å². The zero-order valence-corrected chi connectivity index (χ0v) is 13.9. The molecule has 120 valence electrons. The van der Waals surface area contributed by atoms with E-state index < -0.39 is 0 Å². The number of anilines is 2. The highest BCUT2D eigenvalue weighted by molar-refractivity contribution is 5.37. The van der Waals surface area contributed by atoms with Crippen LogP contribution < -0.4 is 15.0 Å². The molecule has 0 amide bonds. The molecule has 1 rings (SSSR count). The Kier molecular flexibility index (Phi) is 7.74. The summed E-state index contributed by atoms with van der Waals surface area (Å²) in [6.45, 7) is 7.58. The molecule has 1 aromatic rings. The van der Waals surface area contributed by atoms with E-state index in [1.165, 1.54) is 0 Å². The van der Waals surface area contributed by atoms with Crippen molar-refractivity contribution >= 4 is 11.9 Å². The van der Waals surface area contributed by atoms with Crippen LogP contribution in [0.25, 0.3) is 0 Å². The first-order chi connectivity index (χ1) is 10.1. The first kappa shape index (κ1) is 17.4. The summed E-state index contributed by atoms with van der Waals surface area (Å²) in [5.74, 6) is 1.21. The molecule has 0 aliphatic carbocycles. The summed E-state index contributed by atoms with van der Waals surface area (Å²) in [5, 5.41) is 2.96. The molecule has 1 heterocycles. The Morgan fingerprint density at radius 2 is 1.86 bits per heavy atom. The van der Waals surface area contributed by atoms with Crippen LogP contribution in [-0.4, -0.2) is 67.2 Å². The van der Waals surface area contributed by atoms with E-state index in [9.17, 15) is 0 Å². The number of ether oxygens (including phenoxy) is 1. The van der Waals surface area contributed by atoms with Gasteiger partial charge in [-0.2, -0.15) is 15.0 Å². The zero-order chi connectivity index (χ0) is 15.7. The Bertz CT molecular complexity index is 412. The molecule has 1 aromatic heterocycles. The van der Waals surface area contributed by atoms with Gasteiger partial charge in [-0.25, -0.2) is 0 Å². The summed E-state index contributed by atoms with van der Waals surface area (Å²) in [7, 11) is 5.95. The largest absolute Gasteiger partial charge is 0.463 e. The van der Waals surface area contributed by atoms with Crippen LogP contribution in [0.5, 0.6) is 6.01 Å². The van der Waals surface area contributed by atoms with Gasteiger partial charge >= 0.3 is 6.01 Å². The summed E-state index contributed by atoms with van der Waals surface area (Å²) in [6, 6.07) is 0.386. The van der Waals surface area contributed by atoms with Gasteiger partial charge in [0, 0.05) is 20.1 Å². The number of hydrogen-bond acceptors (Lipinski definition) is 7.